The molecule has 2 heterocycles. The molecule has 1 atom stereocenters. The molecule has 1 aliphatic heterocycles. The number of nitrogens with zero attached hydrogens (tertiary/aromatic N) is 4. The quantitative estimate of drug-likeness (QED) is 0.630. The molecule has 7 nitrogen and oxygen atoms in total. The molecule has 1 aliphatic rings. The zero-order valence-electron chi connectivity index (χ0n) is 16.0. The van der Waals surface area contributed by atoms with Gasteiger partial charge in [0.25, 0.3) is 0 Å². The summed E-state index contributed by atoms with van der Waals surface area (Å²) in [5.74, 6) is 2.75. The van der Waals surface area contributed by atoms with E-state index in [0.29, 0.717) is 6.04 Å². The summed E-state index contributed by atoms with van der Waals surface area (Å²) in [4.78, 5) is 8.66. The summed E-state index contributed by atoms with van der Waals surface area (Å²) in [6.45, 7) is 6.01. The normalized spacial score (nSPS) is 17.5. The number of fused-ring (bicyclic) bond motifs is 1. The van der Waals surface area contributed by atoms with Crippen LogP contribution in [0, 0.1) is 0 Å². The molecule has 2 N–H and O–H groups in total. The Morgan fingerprint density at radius 1 is 1.42 bits per heavy atom. The van der Waals surface area contributed by atoms with E-state index >= 15 is 0 Å². The second-order valence-corrected chi connectivity index (χ2v) is 7.28. The molecule has 0 saturated carbocycles. The van der Waals surface area contributed by atoms with Crippen LogP contribution in [-0.2, 0) is 18.4 Å². The summed E-state index contributed by atoms with van der Waals surface area (Å²) in [5.41, 5.74) is 1.17. The number of rotatable bonds is 5. The zero-order chi connectivity index (χ0) is 18.6. The minimum absolute atomic E-state index is 0.0577. The number of nitrogens with one attached hydrogen (secondary N) is 2. The Morgan fingerprint density at radius 2 is 2.27 bits per heavy atom. The van der Waals surface area contributed by atoms with Crippen LogP contribution in [0.4, 0.5) is 0 Å². The van der Waals surface area contributed by atoms with Gasteiger partial charge in [0.2, 0.25) is 0 Å². The summed E-state index contributed by atoms with van der Waals surface area (Å²) in [6.07, 6.45) is 3.59. The van der Waals surface area contributed by atoms with E-state index in [9.17, 15) is 0 Å². The first-order chi connectivity index (χ1) is 12.5. The fraction of sp³-hybridized carbons (Fsp3) is 0.526. The molecule has 26 heavy (non-hydrogen) atoms. The molecule has 1 unspecified atom stereocenters. The summed E-state index contributed by atoms with van der Waals surface area (Å²) >= 11 is 0. The van der Waals surface area contributed by atoms with Crippen molar-refractivity contribution in [1.82, 2.24) is 25.4 Å². The highest BCUT2D eigenvalue weighted by Gasteiger charge is 2.24. The highest BCUT2D eigenvalue weighted by Crippen LogP contribution is 2.25. The van der Waals surface area contributed by atoms with Gasteiger partial charge in [-0.3, -0.25) is 4.99 Å². The molecular formula is C19H28N6O. The molecule has 0 bridgehead atoms. The van der Waals surface area contributed by atoms with E-state index in [1.807, 2.05) is 16.8 Å². The third-order valence-corrected chi connectivity index (χ3v) is 4.92. The van der Waals surface area contributed by atoms with Gasteiger partial charge in [0.05, 0.1) is 13.7 Å². The molecule has 0 amide bonds. The van der Waals surface area contributed by atoms with Crippen molar-refractivity contribution in [3.05, 3.63) is 42.0 Å². The molecule has 1 aromatic heterocycles. The van der Waals surface area contributed by atoms with E-state index in [4.69, 9.17) is 4.74 Å². The second kappa shape index (κ2) is 7.76. The van der Waals surface area contributed by atoms with Crippen molar-refractivity contribution in [2.24, 2.45) is 4.99 Å². The minimum Gasteiger partial charge on any atom is -0.497 e. The van der Waals surface area contributed by atoms with Crippen molar-refractivity contribution in [3.63, 3.8) is 0 Å². The monoisotopic (exact) mass is 356 g/mol. The average Bonchev–Trinajstić information content (AvgIpc) is 3.13. The van der Waals surface area contributed by atoms with Gasteiger partial charge in [-0.05, 0) is 24.1 Å². The van der Waals surface area contributed by atoms with Gasteiger partial charge in [-0.15, -0.1) is 0 Å². The number of hydrogen-bond donors (Lipinski definition) is 2. The number of hydrogen-bond acceptors (Lipinski definition) is 4. The van der Waals surface area contributed by atoms with Gasteiger partial charge >= 0.3 is 0 Å². The lowest BCUT2D eigenvalue weighted by atomic mass is 9.84. The molecule has 1 aromatic carbocycles. The van der Waals surface area contributed by atoms with Gasteiger partial charge in [-0.2, -0.15) is 5.10 Å². The van der Waals surface area contributed by atoms with Gasteiger partial charge in [0, 0.05) is 31.5 Å². The van der Waals surface area contributed by atoms with Gasteiger partial charge in [-0.1, -0.05) is 26.0 Å². The maximum atomic E-state index is 5.35. The molecule has 140 valence electrons. The van der Waals surface area contributed by atoms with Crippen molar-refractivity contribution < 1.29 is 4.74 Å². The van der Waals surface area contributed by atoms with Crippen LogP contribution in [0.5, 0.6) is 5.75 Å². The first-order valence-electron chi connectivity index (χ1n) is 9.00. The molecule has 0 spiro atoms. The van der Waals surface area contributed by atoms with E-state index in [0.717, 1.165) is 43.5 Å². The molecule has 0 aliphatic carbocycles. The maximum Gasteiger partial charge on any atom is 0.191 e. The standard InChI is InChI=1S/C19H28N6O/c1-19(2,14-6-5-7-16(10-14)26-4)12-21-18(20-3)24-15-8-9-17-22-13-23-25(17)11-15/h5-7,10,13,15H,8-9,11-12H2,1-4H3,(H2,20,21,24). The molecule has 2 aromatic rings. The smallest absolute Gasteiger partial charge is 0.191 e. The second-order valence-electron chi connectivity index (χ2n) is 7.28. The SMILES string of the molecule is CN=C(NCC(C)(C)c1cccc(OC)c1)NC1CCc2ncnn2C1. The van der Waals surface area contributed by atoms with Crippen molar-refractivity contribution in [3.8, 4) is 5.75 Å². The highest BCUT2D eigenvalue weighted by atomic mass is 16.5. The lowest BCUT2D eigenvalue weighted by Crippen LogP contribution is -2.49. The zero-order valence-corrected chi connectivity index (χ0v) is 16.0. The lowest BCUT2D eigenvalue weighted by molar-refractivity contribution is 0.390. The Balaban J connectivity index is 1.58. The van der Waals surface area contributed by atoms with E-state index in [1.54, 1.807) is 20.5 Å². The highest BCUT2D eigenvalue weighted by molar-refractivity contribution is 5.80. The number of aromatic nitrogens is 3. The van der Waals surface area contributed by atoms with Crippen LogP contribution >= 0.6 is 0 Å². The van der Waals surface area contributed by atoms with Crippen LogP contribution in [0.3, 0.4) is 0 Å². The number of guanidine groups is 1. The summed E-state index contributed by atoms with van der Waals surface area (Å²) in [5, 5.41) is 11.2. The summed E-state index contributed by atoms with van der Waals surface area (Å²) < 4.78 is 7.32. The Kier molecular flexibility index (Phi) is 5.44. The van der Waals surface area contributed by atoms with Gasteiger partial charge in [0.1, 0.15) is 17.9 Å². The molecular weight excluding hydrogens is 328 g/mol. The molecule has 0 radical (unpaired) electrons. The fourth-order valence-corrected chi connectivity index (χ4v) is 3.19. The predicted molar refractivity (Wildman–Crippen MR) is 103 cm³/mol. The number of ether oxygens (including phenoxy) is 1. The van der Waals surface area contributed by atoms with Crippen LogP contribution in [0.2, 0.25) is 0 Å². The molecule has 3 rings (SSSR count). The lowest BCUT2D eigenvalue weighted by Gasteiger charge is -2.29. The summed E-state index contributed by atoms with van der Waals surface area (Å²) in [7, 11) is 3.50. The molecule has 0 saturated heterocycles. The first-order valence-corrected chi connectivity index (χ1v) is 9.00. The number of aryl methyl sites for hydroxylation is 1. The van der Waals surface area contributed by atoms with E-state index in [2.05, 4.69) is 51.7 Å². The Hall–Kier alpha value is -2.57. The topological polar surface area (TPSA) is 76.4 Å². The fourth-order valence-electron chi connectivity index (χ4n) is 3.19. The van der Waals surface area contributed by atoms with Crippen LogP contribution in [0.1, 0.15) is 31.7 Å². The minimum atomic E-state index is -0.0577. The van der Waals surface area contributed by atoms with Gasteiger partial charge in [-0.25, -0.2) is 9.67 Å². The third kappa shape index (κ3) is 4.15. The number of methoxy groups -OCH3 is 1. The maximum absolute atomic E-state index is 5.35. The Bertz CT molecular complexity index is 767. The van der Waals surface area contributed by atoms with E-state index < -0.39 is 0 Å². The number of benzene rings is 1. The summed E-state index contributed by atoms with van der Waals surface area (Å²) in [6, 6.07) is 8.52. The van der Waals surface area contributed by atoms with Gasteiger partial charge < -0.3 is 15.4 Å². The molecule has 0 fully saturated rings. The Labute approximate surface area is 154 Å². The van der Waals surface area contributed by atoms with Crippen molar-refractivity contribution in [1.29, 1.82) is 0 Å². The first kappa shape index (κ1) is 18.2. The van der Waals surface area contributed by atoms with E-state index in [1.165, 1.54) is 5.56 Å². The van der Waals surface area contributed by atoms with Gasteiger partial charge in [0.15, 0.2) is 5.96 Å². The van der Waals surface area contributed by atoms with Crippen LogP contribution < -0.4 is 15.4 Å². The van der Waals surface area contributed by atoms with Crippen molar-refractivity contribution in [2.75, 3.05) is 20.7 Å². The van der Waals surface area contributed by atoms with Crippen LogP contribution in [-0.4, -0.2) is 47.5 Å². The van der Waals surface area contributed by atoms with Crippen LogP contribution in [0.15, 0.2) is 35.6 Å². The van der Waals surface area contributed by atoms with Crippen molar-refractivity contribution in [2.45, 2.75) is 44.7 Å². The number of aliphatic imine (C=N–C) groups is 1. The molecule has 7 heteroatoms. The third-order valence-electron chi connectivity index (χ3n) is 4.92. The Morgan fingerprint density at radius 3 is 3.04 bits per heavy atom. The average molecular weight is 356 g/mol. The van der Waals surface area contributed by atoms with Crippen molar-refractivity contribution >= 4 is 5.96 Å². The van der Waals surface area contributed by atoms with E-state index in [-0.39, 0.29) is 5.41 Å². The van der Waals surface area contributed by atoms with Crippen LogP contribution in [0.25, 0.3) is 0 Å². The predicted octanol–water partition coefficient (Wildman–Crippen LogP) is 1.74. The largest absolute Gasteiger partial charge is 0.497 e.